The Morgan fingerprint density at radius 1 is 1.58 bits per heavy atom. The van der Waals surface area contributed by atoms with Gasteiger partial charge in [0.15, 0.2) is 0 Å². The lowest BCUT2D eigenvalue weighted by Gasteiger charge is -1.96. The van der Waals surface area contributed by atoms with E-state index < -0.39 is 0 Å². The van der Waals surface area contributed by atoms with Crippen molar-refractivity contribution in [1.82, 2.24) is 10.2 Å². The Balaban J connectivity index is 3.09. The number of halogens is 1. The van der Waals surface area contributed by atoms with Gasteiger partial charge in [0.2, 0.25) is 0 Å². The minimum atomic E-state index is -0.279. The van der Waals surface area contributed by atoms with Crippen LogP contribution in [-0.2, 0) is 0 Å². The fourth-order valence-electron chi connectivity index (χ4n) is 1.04. The summed E-state index contributed by atoms with van der Waals surface area (Å²) in [5.41, 5.74) is -0.279. The Morgan fingerprint density at radius 3 is 3.17 bits per heavy atom. The summed E-state index contributed by atoms with van der Waals surface area (Å²) in [6.45, 7) is 0. The topological polar surface area (TPSA) is 45.8 Å². The van der Waals surface area contributed by atoms with Crippen molar-refractivity contribution in [2.45, 2.75) is 0 Å². The summed E-state index contributed by atoms with van der Waals surface area (Å²) in [7, 11) is 0. The molecule has 0 amide bonds. The minimum Gasteiger partial charge on any atom is -0.267 e. The second-order valence-electron chi connectivity index (χ2n) is 2.33. The smallest absolute Gasteiger partial charge is 0.267 e. The number of nitrogens with one attached hydrogen (secondary N) is 1. The summed E-state index contributed by atoms with van der Waals surface area (Å²) >= 11 is 3.25. The zero-order valence-electron chi connectivity index (χ0n) is 6.97. The van der Waals surface area contributed by atoms with Crippen LogP contribution in [0.5, 0.6) is 0 Å². The first-order chi connectivity index (χ1) is 6.20. The van der Waals surface area contributed by atoms with Crippen molar-refractivity contribution in [2.75, 3.05) is 0 Å². The average molecular weight is 226 g/mol. The number of hydrogen-bond acceptors (Lipinski definition) is 2. The lowest BCUT2D eigenvalue weighted by atomic mass is 10.2. The predicted octanol–water partition coefficient (Wildman–Crippen LogP) is 1.69. The Hall–Kier alpha value is -1.16. The zero-order valence-corrected chi connectivity index (χ0v) is 7.55. The van der Waals surface area contributed by atoms with Crippen molar-refractivity contribution in [3.63, 3.8) is 0 Å². The number of hydrogen-bond donors (Lipinski definition) is 1. The second kappa shape index (κ2) is 2.71. The van der Waals surface area contributed by atoms with Gasteiger partial charge < -0.3 is 0 Å². The van der Waals surface area contributed by atoms with E-state index in [1.165, 1.54) is 0 Å². The van der Waals surface area contributed by atoms with E-state index in [4.69, 9.17) is 1.37 Å². The highest BCUT2D eigenvalue weighted by Crippen LogP contribution is 2.18. The number of aromatic amines is 1. The van der Waals surface area contributed by atoms with Gasteiger partial charge in [-0.1, -0.05) is 12.1 Å². The molecule has 0 radical (unpaired) electrons. The van der Waals surface area contributed by atoms with Gasteiger partial charge in [0.25, 0.3) is 5.56 Å². The van der Waals surface area contributed by atoms with Gasteiger partial charge in [0, 0.05) is 9.86 Å². The summed E-state index contributed by atoms with van der Waals surface area (Å²) in [5, 5.41) is 6.84. The molecule has 1 N–H and O–H groups in total. The van der Waals surface area contributed by atoms with Gasteiger partial charge in [-0.25, -0.2) is 5.10 Å². The minimum absolute atomic E-state index is 0.0795. The molecule has 0 unspecified atom stereocenters. The van der Waals surface area contributed by atoms with Crippen molar-refractivity contribution < 1.29 is 1.37 Å². The van der Waals surface area contributed by atoms with E-state index in [-0.39, 0.29) is 11.7 Å². The fraction of sp³-hybridized carbons (Fsp3) is 0. The Kier molecular flexibility index (Phi) is 1.44. The molecule has 0 spiro atoms. The van der Waals surface area contributed by atoms with E-state index in [2.05, 4.69) is 26.1 Å². The monoisotopic (exact) mass is 225 g/mol. The van der Waals surface area contributed by atoms with E-state index >= 15 is 0 Å². The van der Waals surface area contributed by atoms with Gasteiger partial charge in [0.1, 0.15) is 0 Å². The molecule has 0 aliphatic heterocycles. The third-order valence-electron chi connectivity index (χ3n) is 1.57. The number of nitrogens with zero attached hydrogens (tertiary/aromatic N) is 1. The molecule has 4 heteroatoms. The average Bonchev–Trinajstić information content (AvgIpc) is 2.12. The van der Waals surface area contributed by atoms with Crippen LogP contribution in [0.25, 0.3) is 10.8 Å². The maximum absolute atomic E-state index is 11.3. The molecule has 1 aromatic carbocycles. The molecule has 3 nitrogen and oxygen atoms in total. The third kappa shape index (κ3) is 1.04. The highest BCUT2D eigenvalue weighted by molar-refractivity contribution is 9.10. The molecule has 12 heavy (non-hydrogen) atoms. The molecule has 0 atom stereocenters. The predicted molar refractivity (Wildman–Crippen MR) is 50.1 cm³/mol. The van der Waals surface area contributed by atoms with Gasteiger partial charge in [-0.2, -0.15) is 5.10 Å². The summed E-state index contributed by atoms with van der Waals surface area (Å²) in [4.78, 5) is 11.3. The molecule has 1 heterocycles. The molecule has 2 rings (SSSR count). The molecule has 0 saturated heterocycles. The maximum atomic E-state index is 11.3. The molecule has 0 saturated carbocycles. The van der Waals surface area contributed by atoms with Crippen LogP contribution in [0, 0.1) is 0 Å². The molecular formula is C8H5BrN2O. The van der Waals surface area contributed by atoms with Gasteiger partial charge in [-0.3, -0.25) is 4.79 Å². The van der Waals surface area contributed by atoms with E-state index in [1.54, 1.807) is 18.2 Å². The van der Waals surface area contributed by atoms with Crippen LogP contribution < -0.4 is 5.56 Å². The maximum Gasteiger partial charge on any atom is 0.273 e. The van der Waals surface area contributed by atoms with Crippen LogP contribution in [0.1, 0.15) is 1.37 Å². The Morgan fingerprint density at radius 2 is 2.42 bits per heavy atom. The molecule has 60 valence electrons. The lowest BCUT2D eigenvalue weighted by Crippen LogP contribution is -2.07. The van der Waals surface area contributed by atoms with Crippen molar-refractivity contribution >= 4 is 26.7 Å². The zero-order chi connectivity index (χ0) is 9.42. The lowest BCUT2D eigenvalue weighted by molar-refractivity contribution is 1.01. The molecule has 0 fully saturated rings. The van der Waals surface area contributed by atoms with E-state index in [1.807, 2.05) is 0 Å². The summed E-state index contributed by atoms with van der Waals surface area (Å²) in [5.74, 6) is 0. The van der Waals surface area contributed by atoms with Crippen molar-refractivity contribution in [1.29, 1.82) is 0 Å². The van der Waals surface area contributed by atoms with Crippen LogP contribution in [0.15, 0.2) is 33.6 Å². The first-order valence-corrected chi connectivity index (χ1v) is 4.13. The number of aromatic nitrogens is 2. The van der Waals surface area contributed by atoms with Gasteiger partial charge in [-0.15, -0.1) is 0 Å². The summed E-state index contributed by atoms with van der Waals surface area (Å²) < 4.78 is 8.14. The first kappa shape index (κ1) is 6.37. The SMILES string of the molecule is [2H]c1n[nH]c(=O)c2c(Br)cccc12. The van der Waals surface area contributed by atoms with Crippen LogP contribution in [-0.4, -0.2) is 10.2 Å². The van der Waals surface area contributed by atoms with Crippen LogP contribution in [0.4, 0.5) is 0 Å². The molecule has 1 aromatic heterocycles. The summed E-state index contributed by atoms with van der Waals surface area (Å²) in [6, 6.07) is 5.23. The first-order valence-electron chi connectivity index (χ1n) is 3.83. The van der Waals surface area contributed by atoms with Gasteiger partial charge in [-0.05, 0) is 22.0 Å². The molecule has 0 aliphatic carbocycles. The molecular weight excluding hydrogens is 220 g/mol. The Bertz CT molecular complexity index is 523. The second-order valence-corrected chi connectivity index (χ2v) is 3.18. The highest BCUT2D eigenvalue weighted by atomic mass is 79.9. The number of benzene rings is 1. The largest absolute Gasteiger partial charge is 0.273 e. The van der Waals surface area contributed by atoms with Gasteiger partial charge >= 0.3 is 0 Å². The summed E-state index contributed by atoms with van der Waals surface area (Å²) in [6.07, 6.45) is 0.0795. The van der Waals surface area contributed by atoms with E-state index in [0.29, 0.717) is 15.2 Å². The van der Waals surface area contributed by atoms with Crippen LogP contribution in [0.3, 0.4) is 0 Å². The van der Waals surface area contributed by atoms with Crippen molar-refractivity contribution in [3.05, 3.63) is 39.2 Å². The molecule has 0 bridgehead atoms. The van der Waals surface area contributed by atoms with Crippen molar-refractivity contribution in [3.8, 4) is 0 Å². The quantitative estimate of drug-likeness (QED) is 0.742. The third-order valence-corrected chi connectivity index (χ3v) is 2.24. The van der Waals surface area contributed by atoms with Crippen LogP contribution >= 0.6 is 15.9 Å². The number of H-pyrrole nitrogens is 1. The Labute approximate surface area is 78.0 Å². The van der Waals surface area contributed by atoms with E-state index in [9.17, 15) is 4.79 Å². The number of fused-ring (bicyclic) bond motifs is 1. The van der Waals surface area contributed by atoms with Gasteiger partial charge in [0.05, 0.1) is 12.9 Å². The van der Waals surface area contributed by atoms with Crippen LogP contribution in [0.2, 0.25) is 0 Å². The highest BCUT2D eigenvalue weighted by Gasteiger charge is 2.00. The van der Waals surface area contributed by atoms with E-state index in [0.717, 1.165) is 0 Å². The molecule has 2 aromatic rings. The fourth-order valence-corrected chi connectivity index (χ4v) is 1.59. The molecule has 0 aliphatic rings. The normalized spacial score (nSPS) is 11.6. The number of rotatable bonds is 0. The standard InChI is InChI=1S/C8H5BrN2O/c9-6-3-1-2-5-4-10-11-8(12)7(5)6/h1-4H,(H,11,12)/i4D. The van der Waals surface area contributed by atoms with Crippen molar-refractivity contribution in [2.24, 2.45) is 0 Å².